The number of aryl methyl sites for hydroxylation is 1. The van der Waals surface area contributed by atoms with Crippen molar-refractivity contribution in [2.45, 2.75) is 6.92 Å². The summed E-state index contributed by atoms with van der Waals surface area (Å²) in [7, 11) is 0. The molecule has 0 fully saturated rings. The Morgan fingerprint density at radius 3 is 2.59 bits per heavy atom. The van der Waals surface area contributed by atoms with E-state index in [4.69, 9.17) is 10.5 Å². The summed E-state index contributed by atoms with van der Waals surface area (Å²) in [6.07, 6.45) is 0. The largest absolute Gasteiger partial charge is 0.454 e. The molecule has 0 aromatic heterocycles. The summed E-state index contributed by atoms with van der Waals surface area (Å²) < 4.78 is 19.4. The van der Waals surface area contributed by atoms with Crippen LogP contribution in [0.25, 0.3) is 0 Å². The average molecular weight is 296 g/mol. The first-order chi connectivity index (χ1) is 8.06. The molecular formula is C13H11BrFNO. The van der Waals surface area contributed by atoms with E-state index < -0.39 is 0 Å². The maximum Gasteiger partial charge on any atom is 0.153 e. The Labute approximate surface area is 107 Å². The summed E-state index contributed by atoms with van der Waals surface area (Å²) in [5.41, 5.74) is 7.22. The summed E-state index contributed by atoms with van der Waals surface area (Å²) >= 11 is 3.39. The van der Waals surface area contributed by atoms with Gasteiger partial charge in [0.25, 0.3) is 0 Å². The summed E-state index contributed by atoms with van der Waals surface area (Å²) in [4.78, 5) is 0. The van der Waals surface area contributed by atoms with Crippen LogP contribution < -0.4 is 10.5 Å². The zero-order valence-electron chi connectivity index (χ0n) is 9.21. The van der Waals surface area contributed by atoms with E-state index >= 15 is 0 Å². The van der Waals surface area contributed by atoms with Crippen molar-refractivity contribution in [3.63, 3.8) is 0 Å². The van der Waals surface area contributed by atoms with Gasteiger partial charge in [-0.15, -0.1) is 0 Å². The Balaban J connectivity index is 2.34. The molecule has 2 aromatic rings. The van der Waals surface area contributed by atoms with E-state index in [-0.39, 0.29) is 5.82 Å². The van der Waals surface area contributed by atoms with Crippen LogP contribution in [-0.4, -0.2) is 0 Å². The zero-order chi connectivity index (χ0) is 12.4. The lowest BCUT2D eigenvalue weighted by Gasteiger charge is -2.10. The Morgan fingerprint density at radius 1 is 1.12 bits per heavy atom. The predicted molar refractivity (Wildman–Crippen MR) is 69.8 cm³/mol. The number of nitrogen functional groups attached to an aromatic ring is 1. The van der Waals surface area contributed by atoms with Gasteiger partial charge in [0.2, 0.25) is 0 Å². The van der Waals surface area contributed by atoms with Crippen molar-refractivity contribution in [3.05, 3.63) is 52.3 Å². The number of ether oxygens (including phenoxy) is 1. The van der Waals surface area contributed by atoms with Crippen molar-refractivity contribution in [3.8, 4) is 11.5 Å². The Morgan fingerprint density at radius 2 is 1.88 bits per heavy atom. The summed E-state index contributed by atoms with van der Waals surface area (Å²) in [5, 5.41) is 0. The molecule has 2 N–H and O–H groups in total. The van der Waals surface area contributed by atoms with Crippen molar-refractivity contribution in [2.24, 2.45) is 0 Å². The molecule has 4 heteroatoms. The lowest BCUT2D eigenvalue weighted by atomic mass is 10.2. The molecule has 2 nitrogen and oxygen atoms in total. The van der Waals surface area contributed by atoms with Gasteiger partial charge in [0.15, 0.2) is 5.75 Å². The minimum Gasteiger partial charge on any atom is -0.454 e. The number of hydrogen-bond donors (Lipinski definition) is 1. The first kappa shape index (κ1) is 11.9. The standard InChI is InChI=1S/C13H11BrFNO/c1-8-2-5-12(10(14)6-8)17-13-7-9(15)3-4-11(13)16/h2-7H,16H2,1H3. The summed E-state index contributed by atoms with van der Waals surface area (Å²) in [5.74, 6) is 0.542. The van der Waals surface area contributed by atoms with E-state index in [2.05, 4.69) is 15.9 Å². The molecule has 0 aliphatic heterocycles. The van der Waals surface area contributed by atoms with Crippen LogP contribution in [-0.2, 0) is 0 Å². The third-order valence-electron chi connectivity index (χ3n) is 2.28. The molecule has 0 unspecified atom stereocenters. The highest BCUT2D eigenvalue weighted by Gasteiger charge is 2.07. The Hall–Kier alpha value is -1.55. The van der Waals surface area contributed by atoms with Crippen LogP contribution in [0.3, 0.4) is 0 Å². The van der Waals surface area contributed by atoms with Gasteiger partial charge in [-0.2, -0.15) is 0 Å². The number of halogens is 2. The second-order valence-electron chi connectivity index (χ2n) is 3.72. The third-order valence-corrected chi connectivity index (χ3v) is 2.90. The van der Waals surface area contributed by atoms with E-state index in [1.54, 1.807) is 0 Å². The first-order valence-corrected chi connectivity index (χ1v) is 5.84. The maximum absolute atomic E-state index is 13.1. The molecule has 88 valence electrons. The van der Waals surface area contributed by atoms with Gasteiger partial charge in [-0.3, -0.25) is 0 Å². The van der Waals surface area contributed by atoms with Crippen molar-refractivity contribution in [1.29, 1.82) is 0 Å². The third kappa shape index (κ3) is 2.77. The van der Waals surface area contributed by atoms with E-state index in [0.717, 1.165) is 10.0 Å². The SMILES string of the molecule is Cc1ccc(Oc2cc(F)ccc2N)c(Br)c1. The van der Waals surface area contributed by atoms with E-state index in [1.165, 1.54) is 18.2 Å². The topological polar surface area (TPSA) is 35.2 Å². The molecule has 0 atom stereocenters. The molecule has 0 saturated heterocycles. The van der Waals surface area contributed by atoms with E-state index in [1.807, 2.05) is 25.1 Å². The molecule has 17 heavy (non-hydrogen) atoms. The molecule has 2 rings (SSSR count). The number of hydrogen-bond acceptors (Lipinski definition) is 2. The molecule has 0 radical (unpaired) electrons. The van der Waals surface area contributed by atoms with Gasteiger partial charge < -0.3 is 10.5 Å². The highest BCUT2D eigenvalue weighted by Crippen LogP contribution is 2.33. The van der Waals surface area contributed by atoms with Gasteiger partial charge in [-0.25, -0.2) is 4.39 Å². The van der Waals surface area contributed by atoms with Crippen molar-refractivity contribution >= 4 is 21.6 Å². The molecule has 0 amide bonds. The zero-order valence-corrected chi connectivity index (χ0v) is 10.8. The molecule has 0 saturated carbocycles. The van der Waals surface area contributed by atoms with Crippen LogP contribution in [0.5, 0.6) is 11.5 Å². The average Bonchev–Trinajstić information content (AvgIpc) is 2.27. The maximum atomic E-state index is 13.1. The van der Waals surface area contributed by atoms with Crippen LogP contribution in [0.2, 0.25) is 0 Å². The molecule has 0 aliphatic rings. The van der Waals surface area contributed by atoms with Gasteiger partial charge in [0.05, 0.1) is 10.2 Å². The van der Waals surface area contributed by atoms with Crippen LogP contribution in [0.15, 0.2) is 40.9 Å². The van der Waals surface area contributed by atoms with Crippen LogP contribution in [0.4, 0.5) is 10.1 Å². The second kappa shape index (κ2) is 4.75. The predicted octanol–water partition coefficient (Wildman–Crippen LogP) is 4.27. The fourth-order valence-electron chi connectivity index (χ4n) is 1.40. The molecule has 0 bridgehead atoms. The Bertz CT molecular complexity index is 557. The van der Waals surface area contributed by atoms with Crippen molar-refractivity contribution < 1.29 is 9.13 Å². The minimum atomic E-state index is -0.377. The molecule has 0 heterocycles. The lowest BCUT2D eigenvalue weighted by molar-refractivity contribution is 0.476. The second-order valence-corrected chi connectivity index (χ2v) is 4.57. The normalized spacial score (nSPS) is 10.3. The fourth-order valence-corrected chi connectivity index (χ4v) is 1.98. The van der Waals surface area contributed by atoms with E-state index in [0.29, 0.717) is 17.2 Å². The first-order valence-electron chi connectivity index (χ1n) is 5.05. The monoisotopic (exact) mass is 295 g/mol. The summed E-state index contributed by atoms with van der Waals surface area (Å²) in [6, 6.07) is 9.69. The van der Waals surface area contributed by atoms with Crippen LogP contribution in [0, 0.1) is 12.7 Å². The number of rotatable bonds is 2. The van der Waals surface area contributed by atoms with Gasteiger partial charge in [-0.05, 0) is 52.7 Å². The minimum absolute atomic E-state index is 0.314. The molecule has 2 aromatic carbocycles. The van der Waals surface area contributed by atoms with Crippen molar-refractivity contribution in [2.75, 3.05) is 5.73 Å². The highest BCUT2D eigenvalue weighted by atomic mass is 79.9. The smallest absolute Gasteiger partial charge is 0.153 e. The number of nitrogens with two attached hydrogens (primary N) is 1. The Kier molecular flexibility index (Phi) is 3.33. The fraction of sp³-hybridized carbons (Fsp3) is 0.0769. The van der Waals surface area contributed by atoms with Gasteiger partial charge in [0, 0.05) is 6.07 Å². The van der Waals surface area contributed by atoms with Crippen molar-refractivity contribution in [1.82, 2.24) is 0 Å². The lowest BCUT2D eigenvalue weighted by Crippen LogP contribution is -1.93. The van der Waals surface area contributed by atoms with Gasteiger partial charge >= 0.3 is 0 Å². The number of anilines is 1. The summed E-state index contributed by atoms with van der Waals surface area (Å²) in [6.45, 7) is 1.98. The molecule has 0 aliphatic carbocycles. The molecular weight excluding hydrogens is 285 g/mol. The molecule has 0 spiro atoms. The van der Waals surface area contributed by atoms with Crippen LogP contribution in [0.1, 0.15) is 5.56 Å². The quantitative estimate of drug-likeness (QED) is 0.840. The van der Waals surface area contributed by atoms with E-state index in [9.17, 15) is 4.39 Å². The van der Waals surface area contributed by atoms with Crippen LogP contribution >= 0.6 is 15.9 Å². The highest BCUT2D eigenvalue weighted by molar-refractivity contribution is 9.10. The number of benzene rings is 2. The van der Waals surface area contributed by atoms with Gasteiger partial charge in [-0.1, -0.05) is 6.07 Å². The van der Waals surface area contributed by atoms with Gasteiger partial charge in [0.1, 0.15) is 11.6 Å².